The number of fused-ring (bicyclic) bond motifs is 1. The van der Waals surface area contributed by atoms with Crippen molar-refractivity contribution in [1.82, 2.24) is 15.0 Å². The molecule has 1 aromatic heterocycles. The van der Waals surface area contributed by atoms with Crippen LogP contribution >= 0.6 is 23.2 Å². The molecule has 0 aliphatic rings. The normalized spacial score (nSPS) is 10.7. The minimum atomic E-state index is -0.488. The third-order valence-corrected chi connectivity index (χ3v) is 4.20. The minimum Gasteiger partial charge on any atom is -0.277 e. The van der Waals surface area contributed by atoms with E-state index in [0.29, 0.717) is 22.5 Å². The molecule has 1 heterocycles. The number of rotatable bonds is 4. The zero-order chi connectivity index (χ0) is 18.0. The number of carbonyl (C=O) groups is 1. The highest BCUT2D eigenvalue weighted by molar-refractivity contribution is 6.35. The molecule has 2 N–H and O–H groups in total. The monoisotopic (exact) mass is 376 g/mol. The highest BCUT2D eigenvalue weighted by Crippen LogP contribution is 2.20. The van der Waals surface area contributed by atoms with Crippen LogP contribution in [0.15, 0.2) is 47.3 Å². The zero-order valence-electron chi connectivity index (χ0n) is 13.2. The second-order valence-corrected chi connectivity index (χ2v) is 6.05. The standard InChI is InChI=1S/C17H14Cl2N4O2/c1-2-23-16(25)11-5-3-4-6-14(11)20-17(23)22-21-15(24)12-9-10(18)7-8-13(12)19/h3-9H,2H2,1H3,(H,20,22)(H,21,24). The van der Waals surface area contributed by atoms with Crippen LogP contribution in [0.25, 0.3) is 10.9 Å². The lowest BCUT2D eigenvalue weighted by Gasteiger charge is -2.14. The molecule has 0 bridgehead atoms. The fraction of sp³-hybridized carbons (Fsp3) is 0.118. The van der Waals surface area contributed by atoms with Gasteiger partial charge >= 0.3 is 0 Å². The molecule has 25 heavy (non-hydrogen) atoms. The molecule has 0 fully saturated rings. The first-order valence-corrected chi connectivity index (χ1v) is 8.28. The third-order valence-electron chi connectivity index (χ3n) is 3.64. The van der Waals surface area contributed by atoms with Crippen LogP contribution in [0.3, 0.4) is 0 Å². The zero-order valence-corrected chi connectivity index (χ0v) is 14.7. The fourth-order valence-electron chi connectivity index (χ4n) is 2.41. The van der Waals surface area contributed by atoms with Crippen LogP contribution < -0.4 is 16.4 Å². The fourth-order valence-corrected chi connectivity index (χ4v) is 2.78. The molecule has 128 valence electrons. The van der Waals surface area contributed by atoms with Gasteiger partial charge in [-0.3, -0.25) is 25.0 Å². The number of benzene rings is 2. The van der Waals surface area contributed by atoms with Gasteiger partial charge in [0.15, 0.2) is 0 Å². The first kappa shape index (κ1) is 17.3. The average Bonchev–Trinajstić information content (AvgIpc) is 2.62. The van der Waals surface area contributed by atoms with Crippen LogP contribution in [-0.2, 0) is 6.54 Å². The Morgan fingerprint density at radius 2 is 1.96 bits per heavy atom. The Bertz CT molecular complexity index is 1020. The predicted octanol–water partition coefficient (Wildman–Crippen LogP) is 3.48. The van der Waals surface area contributed by atoms with Gasteiger partial charge in [-0.2, -0.15) is 0 Å². The molecule has 0 radical (unpaired) electrons. The van der Waals surface area contributed by atoms with Crippen LogP contribution in [0.1, 0.15) is 17.3 Å². The van der Waals surface area contributed by atoms with E-state index in [-0.39, 0.29) is 22.1 Å². The molecular formula is C17H14Cl2N4O2. The van der Waals surface area contributed by atoms with E-state index in [2.05, 4.69) is 15.8 Å². The lowest BCUT2D eigenvalue weighted by Crippen LogP contribution is -2.34. The second kappa shape index (κ2) is 7.13. The molecule has 8 heteroatoms. The molecule has 0 atom stereocenters. The summed E-state index contributed by atoms with van der Waals surface area (Å²) in [5, 5.41) is 1.17. The van der Waals surface area contributed by atoms with Crippen molar-refractivity contribution in [2.75, 3.05) is 5.43 Å². The number of anilines is 1. The Kier molecular flexibility index (Phi) is 4.92. The lowest BCUT2D eigenvalue weighted by atomic mass is 10.2. The number of amides is 1. The van der Waals surface area contributed by atoms with Crippen molar-refractivity contribution in [3.63, 3.8) is 0 Å². The Labute approximate surface area is 153 Å². The van der Waals surface area contributed by atoms with Gasteiger partial charge in [0.2, 0.25) is 5.95 Å². The molecule has 1 amide bonds. The molecule has 3 aromatic rings. The predicted molar refractivity (Wildman–Crippen MR) is 99.2 cm³/mol. The van der Waals surface area contributed by atoms with Crippen LogP contribution in [0.4, 0.5) is 5.95 Å². The molecule has 0 spiro atoms. The number of hydrogen-bond acceptors (Lipinski definition) is 4. The first-order valence-electron chi connectivity index (χ1n) is 7.52. The maximum atomic E-state index is 12.5. The first-order chi connectivity index (χ1) is 12.0. The van der Waals surface area contributed by atoms with Gasteiger partial charge in [-0.1, -0.05) is 35.3 Å². The average molecular weight is 377 g/mol. The van der Waals surface area contributed by atoms with Gasteiger partial charge in [0, 0.05) is 11.6 Å². The van der Waals surface area contributed by atoms with Crippen molar-refractivity contribution >= 4 is 46.0 Å². The highest BCUT2D eigenvalue weighted by Gasteiger charge is 2.13. The summed E-state index contributed by atoms with van der Waals surface area (Å²) in [7, 11) is 0. The molecule has 3 rings (SSSR count). The van der Waals surface area contributed by atoms with E-state index in [1.54, 1.807) is 30.3 Å². The van der Waals surface area contributed by atoms with E-state index >= 15 is 0 Å². The molecule has 0 saturated heterocycles. The van der Waals surface area contributed by atoms with Crippen LogP contribution in [0.5, 0.6) is 0 Å². The van der Waals surface area contributed by atoms with E-state index in [0.717, 1.165) is 0 Å². The summed E-state index contributed by atoms with van der Waals surface area (Å²) < 4.78 is 1.43. The molecule has 0 unspecified atom stereocenters. The van der Waals surface area contributed by atoms with Crippen molar-refractivity contribution in [3.05, 3.63) is 68.4 Å². The van der Waals surface area contributed by atoms with E-state index in [4.69, 9.17) is 23.2 Å². The molecule has 6 nitrogen and oxygen atoms in total. The lowest BCUT2D eigenvalue weighted by molar-refractivity contribution is 0.0962. The van der Waals surface area contributed by atoms with Gasteiger partial charge in [-0.25, -0.2) is 4.98 Å². The van der Waals surface area contributed by atoms with Gasteiger partial charge < -0.3 is 0 Å². The summed E-state index contributed by atoms with van der Waals surface area (Å²) in [6.45, 7) is 2.21. The number of nitrogens with one attached hydrogen (secondary N) is 2. The summed E-state index contributed by atoms with van der Waals surface area (Å²) in [5.41, 5.74) is 5.75. The van der Waals surface area contributed by atoms with E-state index < -0.39 is 5.91 Å². The van der Waals surface area contributed by atoms with Gasteiger partial charge in [-0.15, -0.1) is 0 Å². The number of nitrogens with zero attached hydrogens (tertiary/aromatic N) is 2. The highest BCUT2D eigenvalue weighted by atomic mass is 35.5. The molecule has 0 saturated carbocycles. The van der Waals surface area contributed by atoms with Crippen LogP contribution in [0, 0.1) is 0 Å². The van der Waals surface area contributed by atoms with Gasteiger partial charge in [0.05, 0.1) is 21.5 Å². The minimum absolute atomic E-state index is 0.189. The van der Waals surface area contributed by atoms with Crippen molar-refractivity contribution in [3.8, 4) is 0 Å². The van der Waals surface area contributed by atoms with Crippen molar-refractivity contribution < 1.29 is 4.79 Å². The van der Waals surface area contributed by atoms with Crippen molar-refractivity contribution in [1.29, 1.82) is 0 Å². The van der Waals surface area contributed by atoms with Crippen molar-refractivity contribution in [2.45, 2.75) is 13.5 Å². The Balaban J connectivity index is 1.91. The Hall–Kier alpha value is -2.57. The largest absolute Gasteiger partial charge is 0.277 e. The molecule has 2 aromatic carbocycles. The topological polar surface area (TPSA) is 76.0 Å². The maximum Gasteiger partial charge on any atom is 0.271 e. The maximum absolute atomic E-state index is 12.5. The van der Waals surface area contributed by atoms with E-state index in [9.17, 15) is 9.59 Å². The number of hydrogen-bond donors (Lipinski definition) is 2. The summed E-state index contributed by atoms with van der Waals surface area (Å²) in [6.07, 6.45) is 0. The Morgan fingerprint density at radius 1 is 1.20 bits per heavy atom. The van der Waals surface area contributed by atoms with E-state index in [1.807, 2.05) is 6.92 Å². The molecular weight excluding hydrogens is 363 g/mol. The molecule has 0 aliphatic carbocycles. The van der Waals surface area contributed by atoms with Crippen molar-refractivity contribution in [2.24, 2.45) is 0 Å². The smallest absolute Gasteiger partial charge is 0.271 e. The van der Waals surface area contributed by atoms with Crippen LogP contribution in [0.2, 0.25) is 10.0 Å². The van der Waals surface area contributed by atoms with Gasteiger partial charge in [0.25, 0.3) is 11.5 Å². The number of aromatic nitrogens is 2. The summed E-state index contributed by atoms with van der Waals surface area (Å²) in [6, 6.07) is 11.6. The molecule has 0 aliphatic heterocycles. The number of halogens is 2. The summed E-state index contributed by atoms with van der Waals surface area (Å²) in [5.74, 6) is -0.254. The summed E-state index contributed by atoms with van der Waals surface area (Å²) >= 11 is 11.9. The second-order valence-electron chi connectivity index (χ2n) is 5.21. The van der Waals surface area contributed by atoms with E-state index in [1.165, 1.54) is 16.7 Å². The summed E-state index contributed by atoms with van der Waals surface area (Å²) in [4.78, 5) is 29.2. The van der Waals surface area contributed by atoms with Gasteiger partial charge in [0.1, 0.15) is 0 Å². The number of para-hydroxylation sites is 1. The number of hydrazine groups is 1. The van der Waals surface area contributed by atoms with Gasteiger partial charge in [-0.05, 0) is 37.3 Å². The SMILES string of the molecule is CCn1c(NNC(=O)c2cc(Cl)ccc2Cl)nc2ccccc2c1=O. The quantitative estimate of drug-likeness (QED) is 0.683. The third kappa shape index (κ3) is 3.45. The Morgan fingerprint density at radius 3 is 2.72 bits per heavy atom. The van der Waals surface area contributed by atoms with Crippen LogP contribution in [-0.4, -0.2) is 15.5 Å². The number of carbonyl (C=O) groups excluding carboxylic acids is 1.